The number of anilines is 1. The van der Waals surface area contributed by atoms with E-state index in [0.29, 0.717) is 35.7 Å². The standard InChI is InChI=1S/C19H19N3O4S/c1-11-5-3-4-6-14(11)25-10-16(23)21-19-17(18-20-12(2)22-26-18)13-7-8-24-9-15(13)27-19/h3-6H,7-10H2,1-2H3,(H,21,23). The molecule has 1 amide bonds. The van der Waals surface area contributed by atoms with Crippen molar-refractivity contribution in [1.82, 2.24) is 10.1 Å². The van der Waals surface area contributed by atoms with Crippen molar-refractivity contribution in [3.8, 4) is 17.2 Å². The van der Waals surface area contributed by atoms with Crippen LogP contribution in [0.5, 0.6) is 5.75 Å². The highest BCUT2D eigenvalue weighted by molar-refractivity contribution is 7.17. The molecule has 1 aliphatic heterocycles. The number of hydrogen-bond acceptors (Lipinski definition) is 7. The van der Waals surface area contributed by atoms with Gasteiger partial charge in [-0.2, -0.15) is 4.98 Å². The van der Waals surface area contributed by atoms with Crippen molar-refractivity contribution >= 4 is 22.2 Å². The van der Waals surface area contributed by atoms with Crippen molar-refractivity contribution in [2.75, 3.05) is 18.5 Å². The number of nitrogens with zero attached hydrogens (tertiary/aromatic N) is 2. The number of carbonyl (C=O) groups excluding carboxylic acids is 1. The summed E-state index contributed by atoms with van der Waals surface area (Å²) in [5.41, 5.74) is 2.88. The second-order valence-corrected chi connectivity index (χ2v) is 7.36. The average molecular weight is 385 g/mol. The maximum absolute atomic E-state index is 12.5. The normalized spacial score (nSPS) is 13.3. The summed E-state index contributed by atoms with van der Waals surface area (Å²) < 4.78 is 16.5. The number of para-hydroxylation sites is 1. The summed E-state index contributed by atoms with van der Waals surface area (Å²) in [6.45, 7) is 4.79. The highest BCUT2D eigenvalue weighted by Crippen LogP contribution is 2.42. The predicted octanol–water partition coefficient (Wildman–Crippen LogP) is 3.51. The molecule has 0 saturated carbocycles. The van der Waals surface area contributed by atoms with E-state index in [1.165, 1.54) is 11.3 Å². The highest BCUT2D eigenvalue weighted by Gasteiger charge is 2.26. The van der Waals surface area contributed by atoms with E-state index >= 15 is 0 Å². The lowest BCUT2D eigenvalue weighted by Crippen LogP contribution is -2.20. The average Bonchev–Trinajstić information content (AvgIpc) is 3.23. The Kier molecular flexibility index (Phi) is 4.91. The van der Waals surface area contributed by atoms with Gasteiger partial charge in [-0.1, -0.05) is 23.4 Å². The maximum atomic E-state index is 12.5. The van der Waals surface area contributed by atoms with Gasteiger partial charge in [-0.05, 0) is 37.5 Å². The Morgan fingerprint density at radius 3 is 2.96 bits per heavy atom. The summed E-state index contributed by atoms with van der Waals surface area (Å²) in [6.07, 6.45) is 0.748. The first-order valence-corrected chi connectivity index (χ1v) is 9.44. The molecule has 4 rings (SSSR count). The molecular weight excluding hydrogens is 366 g/mol. The Balaban J connectivity index is 1.55. The van der Waals surface area contributed by atoms with Crippen LogP contribution >= 0.6 is 11.3 Å². The number of nitrogens with one attached hydrogen (secondary N) is 1. The minimum atomic E-state index is -0.241. The zero-order valence-electron chi connectivity index (χ0n) is 15.1. The summed E-state index contributed by atoms with van der Waals surface area (Å²) in [5.74, 6) is 1.42. The molecule has 27 heavy (non-hydrogen) atoms. The van der Waals surface area contributed by atoms with Crippen LogP contribution in [0.3, 0.4) is 0 Å². The van der Waals surface area contributed by atoms with Gasteiger partial charge in [0.25, 0.3) is 11.8 Å². The Bertz CT molecular complexity index is 979. The molecule has 0 spiro atoms. The lowest BCUT2D eigenvalue weighted by molar-refractivity contribution is -0.118. The summed E-state index contributed by atoms with van der Waals surface area (Å²) in [6, 6.07) is 7.59. The van der Waals surface area contributed by atoms with Gasteiger partial charge >= 0.3 is 0 Å². The largest absolute Gasteiger partial charge is 0.483 e. The lowest BCUT2D eigenvalue weighted by Gasteiger charge is -2.12. The molecule has 0 saturated heterocycles. The fourth-order valence-electron chi connectivity index (χ4n) is 2.97. The molecule has 2 aromatic heterocycles. The quantitative estimate of drug-likeness (QED) is 0.723. The third-order valence-electron chi connectivity index (χ3n) is 4.27. The van der Waals surface area contributed by atoms with Gasteiger partial charge in [-0.3, -0.25) is 4.79 Å². The van der Waals surface area contributed by atoms with E-state index in [-0.39, 0.29) is 12.5 Å². The third-order valence-corrected chi connectivity index (χ3v) is 5.39. The van der Waals surface area contributed by atoms with Crippen LogP contribution in [0.1, 0.15) is 21.8 Å². The molecule has 0 bridgehead atoms. The van der Waals surface area contributed by atoms with E-state index in [1.54, 1.807) is 6.92 Å². The SMILES string of the molecule is Cc1noc(-c2c(NC(=O)COc3ccccc3C)sc3c2CCOC3)n1. The summed E-state index contributed by atoms with van der Waals surface area (Å²) in [4.78, 5) is 17.9. The number of amides is 1. The number of carbonyl (C=O) groups is 1. The van der Waals surface area contributed by atoms with Gasteiger partial charge in [0.2, 0.25) is 0 Å². The monoisotopic (exact) mass is 385 g/mol. The molecule has 0 unspecified atom stereocenters. The van der Waals surface area contributed by atoms with Crippen LogP contribution in [0.4, 0.5) is 5.00 Å². The summed E-state index contributed by atoms with van der Waals surface area (Å²) in [5, 5.41) is 7.50. The number of rotatable bonds is 5. The molecular formula is C19H19N3O4S. The van der Waals surface area contributed by atoms with E-state index in [2.05, 4.69) is 15.5 Å². The number of ether oxygens (including phenoxy) is 2. The van der Waals surface area contributed by atoms with Crippen LogP contribution in [0.15, 0.2) is 28.8 Å². The van der Waals surface area contributed by atoms with Gasteiger partial charge in [0.05, 0.1) is 18.8 Å². The summed E-state index contributed by atoms with van der Waals surface area (Å²) in [7, 11) is 0. The molecule has 8 heteroatoms. The first-order valence-electron chi connectivity index (χ1n) is 8.63. The van der Waals surface area contributed by atoms with E-state index in [4.69, 9.17) is 14.0 Å². The Morgan fingerprint density at radius 1 is 1.33 bits per heavy atom. The number of aryl methyl sites for hydroxylation is 2. The first kappa shape index (κ1) is 17.7. The fourth-order valence-corrected chi connectivity index (χ4v) is 4.16. The number of thiophene rings is 1. The number of fused-ring (bicyclic) bond motifs is 1. The molecule has 0 fully saturated rings. The van der Waals surface area contributed by atoms with Gasteiger partial charge in [-0.15, -0.1) is 11.3 Å². The van der Waals surface area contributed by atoms with E-state index < -0.39 is 0 Å². The van der Waals surface area contributed by atoms with Crippen LogP contribution in [-0.2, 0) is 22.6 Å². The van der Waals surface area contributed by atoms with Gasteiger partial charge in [0, 0.05) is 4.88 Å². The zero-order chi connectivity index (χ0) is 18.8. The van der Waals surface area contributed by atoms with Crippen molar-refractivity contribution < 1.29 is 18.8 Å². The number of aromatic nitrogens is 2. The van der Waals surface area contributed by atoms with E-state index in [1.807, 2.05) is 31.2 Å². The van der Waals surface area contributed by atoms with Crippen molar-refractivity contribution in [3.05, 3.63) is 46.1 Å². The molecule has 3 heterocycles. The molecule has 0 aliphatic carbocycles. The van der Waals surface area contributed by atoms with Gasteiger partial charge in [0.1, 0.15) is 10.8 Å². The molecule has 140 valence electrons. The van der Waals surface area contributed by atoms with E-state index in [9.17, 15) is 4.79 Å². The maximum Gasteiger partial charge on any atom is 0.262 e. The second-order valence-electron chi connectivity index (χ2n) is 6.26. The van der Waals surface area contributed by atoms with Crippen molar-refractivity contribution in [1.29, 1.82) is 0 Å². The fraction of sp³-hybridized carbons (Fsp3) is 0.316. The zero-order valence-corrected chi connectivity index (χ0v) is 15.9. The third kappa shape index (κ3) is 3.72. The first-order chi connectivity index (χ1) is 13.1. The molecule has 0 atom stereocenters. The van der Waals surface area contributed by atoms with E-state index in [0.717, 1.165) is 28.0 Å². The van der Waals surface area contributed by atoms with Gasteiger partial charge in [-0.25, -0.2) is 0 Å². The minimum Gasteiger partial charge on any atom is -0.483 e. The molecule has 3 aromatic rings. The smallest absolute Gasteiger partial charge is 0.262 e. The topological polar surface area (TPSA) is 86.5 Å². The van der Waals surface area contributed by atoms with Gasteiger partial charge < -0.3 is 19.3 Å². The second kappa shape index (κ2) is 7.50. The highest BCUT2D eigenvalue weighted by atomic mass is 32.1. The Hall–Kier alpha value is -2.71. The van der Waals surface area contributed by atoms with Crippen LogP contribution in [0, 0.1) is 13.8 Å². The van der Waals surface area contributed by atoms with Gasteiger partial charge in [0.15, 0.2) is 12.4 Å². The Morgan fingerprint density at radius 2 is 2.19 bits per heavy atom. The number of benzene rings is 1. The van der Waals surface area contributed by atoms with Crippen LogP contribution in [0.25, 0.3) is 11.5 Å². The molecule has 1 aliphatic rings. The molecule has 7 nitrogen and oxygen atoms in total. The van der Waals surface area contributed by atoms with Crippen LogP contribution in [-0.4, -0.2) is 29.3 Å². The molecule has 1 aromatic carbocycles. The summed E-state index contributed by atoms with van der Waals surface area (Å²) >= 11 is 1.48. The van der Waals surface area contributed by atoms with Crippen LogP contribution in [0.2, 0.25) is 0 Å². The van der Waals surface area contributed by atoms with Crippen LogP contribution < -0.4 is 10.1 Å². The minimum absolute atomic E-state index is 0.0772. The van der Waals surface area contributed by atoms with Crippen molar-refractivity contribution in [3.63, 3.8) is 0 Å². The Labute approximate surface area is 160 Å². The van der Waals surface area contributed by atoms with Crippen molar-refractivity contribution in [2.45, 2.75) is 26.9 Å². The number of hydrogen-bond donors (Lipinski definition) is 1. The lowest BCUT2D eigenvalue weighted by atomic mass is 10.1. The van der Waals surface area contributed by atoms with Crippen molar-refractivity contribution in [2.24, 2.45) is 0 Å². The molecule has 0 radical (unpaired) electrons. The predicted molar refractivity (Wildman–Crippen MR) is 101 cm³/mol. The molecule has 1 N–H and O–H groups in total.